The van der Waals surface area contributed by atoms with Gasteiger partial charge in [-0.15, -0.1) is 0 Å². The van der Waals surface area contributed by atoms with Gasteiger partial charge >= 0.3 is 0 Å². The van der Waals surface area contributed by atoms with Crippen LogP contribution in [0.1, 0.15) is 30.6 Å². The Kier molecular flexibility index (Phi) is 5.51. The summed E-state index contributed by atoms with van der Waals surface area (Å²) < 4.78 is 6.15. The Labute approximate surface area is 135 Å². The molecule has 0 saturated heterocycles. The molecule has 2 rings (SSSR count). The van der Waals surface area contributed by atoms with Gasteiger partial charge in [-0.05, 0) is 48.7 Å². The summed E-state index contributed by atoms with van der Waals surface area (Å²) in [5, 5.41) is 1.32. The number of hydrogen-bond donors (Lipinski definition) is 1. The average Bonchev–Trinajstić information content (AvgIpc) is 2.47. The largest absolute Gasteiger partial charge is 0.484 e. The minimum Gasteiger partial charge on any atom is -0.484 e. The lowest BCUT2D eigenvalue weighted by Gasteiger charge is -2.26. The predicted octanol–water partition coefficient (Wildman–Crippen LogP) is 5.16. The van der Waals surface area contributed by atoms with Gasteiger partial charge in [0, 0.05) is 16.1 Å². The fourth-order valence-electron chi connectivity index (χ4n) is 2.14. The van der Waals surface area contributed by atoms with Gasteiger partial charge in [0.2, 0.25) is 0 Å². The molecule has 0 saturated carbocycles. The van der Waals surface area contributed by atoms with Crippen molar-refractivity contribution in [3.8, 4) is 5.75 Å². The highest BCUT2D eigenvalue weighted by Gasteiger charge is 2.21. The van der Waals surface area contributed by atoms with Crippen LogP contribution in [0.25, 0.3) is 0 Å². The summed E-state index contributed by atoms with van der Waals surface area (Å²) in [5.41, 5.74) is 8.23. The molecule has 2 atom stereocenters. The number of ether oxygens (including phenoxy) is 1. The molecule has 0 aliphatic carbocycles. The molecular formula is C17H19Cl2NO. The quantitative estimate of drug-likeness (QED) is 0.824. The van der Waals surface area contributed by atoms with E-state index in [1.165, 1.54) is 0 Å². The van der Waals surface area contributed by atoms with Gasteiger partial charge in [0.1, 0.15) is 11.9 Å². The summed E-state index contributed by atoms with van der Waals surface area (Å²) in [6.07, 6.45) is 0.544. The van der Waals surface area contributed by atoms with E-state index in [4.69, 9.17) is 33.7 Å². The Hall–Kier alpha value is -1.22. The van der Waals surface area contributed by atoms with Crippen LogP contribution in [-0.4, -0.2) is 6.04 Å². The van der Waals surface area contributed by atoms with E-state index < -0.39 is 0 Å². The second kappa shape index (κ2) is 7.17. The Morgan fingerprint density at radius 3 is 2.48 bits per heavy atom. The van der Waals surface area contributed by atoms with E-state index in [0.29, 0.717) is 10.0 Å². The summed E-state index contributed by atoms with van der Waals surface area (Å²) in [4.78, 5) is 0. The summed E-state index contributed by atoms with van der Waals surface area (Å²) in [5.74, 6) is 0.747. The minimum atomic E-state index is -0.258. The van der Waals surface area contributed by atoms with Crippen LogP contribution >= 0.6 is 23.2 Å². The predicted molar refractivity (Wildman–Crippen MR) is 89.3 cm³/mol. The Balaban J connectivity index is 2.35. The van der Waals surface area contributed by atoms with Crippen LogP contribution in [0.5, 0.6) is 5.75 Å². The zero-order valence-electron chi connectivity index (χ0n) is 12.1. The van der Waals surface area contributed by atoms with Gasteiger partial charge in [-0.1, -0.05) is 48.3 Å². The first-order chi connectivity index (χ1) is 10.0. The molecular weight excluding hydrogens is 305 g/mol. The molecule has 0 aliphatic heterocycles. The van der Waals surface area contributed by atoms with Gasteiger partial charge in [0.25, 0.3) is 0 Å². The third-order valence-electron chi connectivity index (χ3n) is 3.44. The first-order valence-corrected chi connectivity index (χ1v) is 7.70. The van der Waals surface area contributed by atoms with Crippen LogP contribution in [0.4, 0.5) is 0 Å². The summed E-state index contributed by atoms with van der Waals surface area (Å²) in [6.45, 7) is 4.02. The number of hydrogen-bond acceptors (Lipinski definition) is 2. The number of halogens is 2. The highest BCUT2D eigenvalue weighted by Crippen LogP contribution is 2.30. The van der Waals surface area contributed by atoms with E-state index in [1.807, 2.05) is 56.3 Å². The molecule has 21 heavy (non-hydrogen) atoms. The average molecular weight is 324 g/mol. The SMILES string of the molecule is CCC(N)C(Oc1cc(Cl)ccc1C)c1cccc(Cl)c1. The molecule has 2 aromatic rings. The van der Waals surface area contributed by atoms with Gasteiger partial charge in [-0.3, -0.25) is 0 Å². The van der Waals surface area contributed by atoms with E-state index in [-0.39, 0.29) is 12.1 Å². The van der Waals surface area contributed by atoms with Gasteiger partial charge in [-0.25, -0.2) is 0 Å². The van der Waals surface area contributed by atoms with Crippen LogP contribution in [0, 0.1) is 6.92 Å². The third kappa shape index (κ3) is 4.13. The van der Waals surface area contributed by atoms with Crippen molar-refractivity contribution >= 4 is 23.2 Å². The number of rotatable bonds is 5. The van der Waals surface area contributed by atoms with Crippen molar-refractivity contribution in [1.29, 1.82) is 0 Å². The summed E-state index contributed by atoms with van der Waals surface area (Å²) in [7, 11) is 0. The van der Waals surface area contributed by atoms with Crippen LogP contribution in [0.15, 0.2) is 42.5 Å². The highest BCUT2D eigenvalue weighted by molar-refractivity contribution is 6.31. The van der Waals surface area contributed by atoms with Gasteiger partial charge < -0.3 is 10.5 Å². The topological polar surface area (TPSA) is 35.2 Å². The minimum absolute atomic E-state index is 0.123. The van der Waals surface area contributed by atoms with Gasteiger partial charge in [-0.2, -0.15) is 0 Å². The Morgan fingerprint density at radius 2 is 1.81 bits per heavy atom. The zero-order valence-corrected chi connectivity index (χ0v) is 13.7. The molecule has 2 unspecified atom stereocenters. The Bertz CT molecular complexity index is 615. The maximum absolute atomic E-state index is 6.23. The maximum atomic E-state index is 6.23. The molecule has 0 heterocycles. The molecule has 2 nitrogen and oxygen atoms in total. The van der Waals surface area contributed by atoms with Crippen LogP contribution in [-0.2, 0) is 0 Å². The van der Waals surface area contributed by atoms with E-state index in [9.17, 15) is 0 Å². The molecule has 2 N–H and O–H groups in total. The molecule has 0 bridgehead atoms. The Morgan fingerprint density at radius 1 is 1.10 bits per heavy atom. The molecule has 0 amide bonds. The lowest BCUT2D eigenvalue weighted by molar-refractivity contribution is 0.170. The normalized spacial score (nSPS) is 13.8. The molecule has 0 radical (unpaired) electrons. The second-order valence-corrected chi connectivity index (χ2v) is 5.95. The summed E-state index contributed by atoms with van der Waals surface area (Å²) >= 11 is 12.1. The van der Waals surface area contributed by atoms with Gasteiger partial charge in [0.05, 0.1) is 0 Å². The van der Waals surface area contributed by atoms with Crippen molar-refractivity contribution < 1.29 is 4.74 Å². The van der Waals surface area contributed by atoms with E-state index in [1.54, 1.807) is 0 Å². The molecule has 0 aliphatic rings. The highest BCUT2D eigenvalue weighted by atomic mass is 35.5. The van der Waals surface area contributed by atoms with Crippen molar-refractivity contribution in [1.82, 2.24) is 0 Å². The number of benzene rings is 2. The summed E-state index contributed by atoms with van der Waals surface area (Å²) in [6, 6.07) is 13.1. The van der Waals surface area contributed by atoms with Crippen LogP contribution < -0.4 is 10.5 Å². The fraction of sp³-hybridized carbons (Fsp3) is 0.294. The van der Waals surface area contributed by atoms with E-state index in [0.717, 1.165) is 23.3 Å². The zero-order chi connectivity index (χ0) is 15.4. The standard InChI is InChI=1S/C17H19Cl2NO/c1-3-15(20)17(12-5-4-6-13(18)9-12)21-16-10-14(19)8-7-11(16)2/h4-10,15,17H,3,20H2,1-2H3. The van der Waals surface area contributed by atoms with E-state index >= 15 is 0 Å². The number of aryl methyl sites for hydroxylation is 1. The molecule has 112 valence electrons. The fourth-order valence-corrected chi connectivity index (χ4v) is 2.50. The number of nitrogens with two attached hydrogens (primary N) is 1. The molecule has 0 fully saturated rings. The van der Waals surface area contributed by atoms with Crippen molar-refractivity contribution in [2.45, 2.75) is 32.4 Å². The lowest BCUT2D eigenvalue weighted by atomic mass is 10.0. The maximum Gasteiger partial charge on any atom is 0.139 e. The first-order valence-electron chi connectivity index (χ1n) is 6.95. The third-order valence-corrected chi connectivity index (χ3v) is 3.91. The van der Waals surface area contributed by atoms with Crippen molar-refractivity contribution in [3.05, 3.63) is 63.6 Å². The molecule has 4 heteroatoms. The lowest BCUT2D eigenvalue weighted by Crippen LogP contribution is -2.31. The molecule has 0 spiro atoms. The van der Waals surface area contributed by atoms with Crippen molar-refractivity contribution in [2.24, 2.45) is 5.73 Å². The first kappa shape index (κ1) is 16.2. The van der Waals surface area contributed by atoms with E-state index in [2.05, 4.69) is 0 Å². The van der Waals surface area contributed by atoms with Crippen molar-refractivity contribution in [3.63, 3.8) is 0 Å². The smallest absolute Gasteiger partial charge is 0.139 e. The monoisotopic (exact) mass is 323 g/mol. The van der Waals surface area contributed by atoms with Gasteiger partial charge in [0.15, 0.2) is 0 Å². The molecule has 2 aromatic carbocycles. The second-order valence-electron chi connectivity index (χ2n) is 5.08. The molecule has 0 aromatic heterocycles. The van der Waals surface area contributed by atoms with Crippen LogP contribution in [0.2, 0.25) is 10.0 Å². The van der Waals surface area contributed by atoms with Crippen molar-refractivity contribution in [2.75, 3.05) is 0 Å². The van der Waals surface area contributed by atoms with Crippen LogP contribution in [0.3, 0.4) is 0 Å².